The van der Waals surface area contributed by atoms with E-state index in [1.54, 1.807) is 13.2 Å². The highest BCUT2D eigenvalue weighted by Crippen LogP contribution is 2.25. The van der Waals surface area contributed by atoms with Crippen molar-refractivity contribution in [2.75, 3.05) is 19.0 Å². The Balaban J connectivity index is 0. The number of anilines is 1. The van der Waals surface area contributed by atoms with Crippen molar-refractivity contribution in [3.63, 3.8) is 0 Å². The van der Waals surface area contributed by atoms with E-state index in [0.29, 0.717) is 18.2 Å². The van der Waals surface area contributed by atoms with Crippen molar-refractivity contribution < 1.29 is 15.5 Å². The van der Waals surface area contributed by atoms with Gasteiger partial charge < -0.3 is 14.6 Å². The van der Waals surface area contributed by atoms with Gasteiger partial charge in [-0.05, 0) is 0 Å². The van der Waals surface area contributed by atoms with Crippen LogP contribution in [0.15, 0.2) is 10.6 Å². The molecule has 18 heavy (non-hydrogen) atoms. The van der Waals surface area contributed by atoms with E-state index in [1.807, 2.05) is 13.8 Å². The number of hydrogen-bond acceptors (Lipinski definition) is 4. The number of rotatable bonds is 4. The van der Waals surface area contributed by atoms with Gasteiger partial charge in [-0.25, -0.2) is 0 Å². The van der Waals surface area contributed by atoms with E-state index in [4.69, 9.17) is 9.26 Å². The van der Waals surface area contributed by atoms with Gasteiger partial charge in [-0.15, -0.1) is 0 Å². The van der Waals surface area contributed by atoms with Gasteiger partial charge in [-0.3, -0.25) is 4.79 Å². The normalized spacial score (nSPS) is 10.6. The fraction of sp³-hybridized carbons (Fsp3) is 0.692. The molecule has 0 unspecified atom stereocenters. The van der Waals surface area contributed by atoms with Crippen LogP contribution in [0.2, 0.25) is 0 Å². The average Bonchev–Trinajstić information content (AvgIpc) is 2.67. The minimum absolute atomic E-state index is 0. The fourth-order valence-electron chi connectivity index (χ4n) is 1.27. The number of amides is 1. The largest absolute Gasteiger partial charge is 0.384 e. The van der Waals surface area contributed by atoms with Crippen molar-refractivity contribution in [2.24, 2.45) is 0 Å². The lowest BCUT2D eigenvalue weighted by atomic mass is 9.91. The second-order valence-electron chi connectivity index (χ2n) is 4.78. The van der Waals surface area contributed by atoms with Crippen molar-refractivity contribution in [3.8, 4) is 0 Å². The fourth-order valence-corrected chi connectivity index (χ4v) is 1.27. The summed E-state index contributed by atoms with van der Waals surface area (Å²) in [5.74, 6) is 0.953. The molecule has 0 saturated carbocycles. The SMILES string of the molecule is CCC.COCC(C)(C)c1cc(NC(C)=O)no1.[HH]. The number of methoxy groups -OCH3 is 1. The van der Waals surface area contributed by atoms with E-state index in [-0.39, 0.29) is 12.7 Å². The molecule has 0 bridgehead atoms. The first-order valence-electron chi connectivity index (χ1n) is 6.11. The molecule has 106 valence electrons. The van der Waals surface area contributed by atoms with Crippen LogP contribution in [0.25, 0.3) is 0 Å². The molecule has 1 amide bonds. The highest BCUT2D eigenvalue weighted by atomic mass is 16.5. The lowest BCUT2D eigenvalue weighted by molar-refractivity contribution is -0.114. The van der Waals surface area contributed by atoms with Gasteiger partial charge in [0.05, 0.1) is 6.61 Å². The van der Waals surface area contributed by atoms with E-state index < -0.39 is 0 Å². The number of nitrogens with zero attached hydrogens (tertiary/aromatic N) is 1. The second-order valence-corrected chi connectivity index (χ2v) is 4.78. The number of hydrogen-bond donors (Lipinski definition) is 1. The van der Waals surface area contributed by atoms with Crippen molar-refractivity contribution >= 4 is 11.7 Å². The minimum atomic E-state index is -0.252. The molecule has 0 aliphatic carbocycles. The van der Waals surface area contributed by atoms with Crippen molar-refractivity contribution in [2.45, 2.75) is 46.5 Å². The zero-order valence-electron chi connectivity index (χ0n) is 12.2. The summed E-state index contributed by atoms with van der Waals surface area (Å²) in [5.41, 5.74) is -0.252. The predicted molar refractivity (Wildman–Crippen MR) is 73.8 cm³/mol. The predicted octanol–water partition coefficient (Wildman–Crippen LogP) is 3.22. The first kappa shape index (κ1) is 16.6. The van der Waals surface area contributed by atoms with E-state index in [9.17, 15) is 4.79 Å². The molecule has 5 heteroatoms. The summed E-state index contributed by atoms with van der Waals surface area (Å²) < 4.78 is 10.2. The van der Waals surface area contributed by atoms with Crippen LogP contribution in [0.4, 0.5) is 5.82 Å². The maximum absolute atomic E-state index is 10.8. The maximum atomic E-state index is 10.8. The van der Waals surface area contributed by atoms with E-state index >= 15 is 0 Å². The summed E-state index contributed by atoms with van der Waals surface area (Å²) in [6.45, 7) is 10.2. The maximum Gasteiger partial charge on any atom is 0.222 e. The Hall–Kier alpha value is -1.36. The Kier molecular flexibility index (Phi) is 7.27. The molecule has 0 spiro atoms. The summed E-state index contributed by atoms with van der Waals surface area (Å²) in [5, 5.41) is 6.30. The molecule has 0 aliphatic rings. The van der Waals surface area contributed by atoms with Crippen LogP contribution in [0.5, 0.6) is 0 Å². The topological polar surface area (TPSA) is 64.4 Å². The molecule has 0 atom stereocenters. The Morgan fingerprint density at radius 2 is 2.11 bits per heavy atom. The standard InChI is InChI=1S/C10H16N2O3.C3H8.H2/c1-7(13)11-9-5-8(15-12-9)10(2,3)6-14-4;1-3-2;/h5H,6H2,1-4H3,(H,11,12,13);3H2,1-2H3;1H. The van der Waals surface area contributed by atoms with Gasteiger partial charge >= 0.3 is 0 Å². The first-order chi connectivity index (χ1) is 8.37. The zero-order chi connectivity index (χ0) is 14.2. The van der Waals surface area contributed by atoms with E-state index in [1.165, 1.54) is 13.3 Å². The van der Waals surface area contributed by atoms with E-state index in [2.05, 4.69) is 24.3 Å². The third-order valence-electron chi connectivity index (χ3n) is 1.99. The number of nitrogens with one attached hydrogen (secondary N) is 1. The van der Waals surface area contributed by atoms with Crippen LogP contribution >= 0.6 is 0 Å². The minimum Gasteiger partial charge on any atom is -0.384 e. The number of carbonyl (C=O) groups is 1. The quantitative estimate of drug-likeness (QED) is 0.900. The third-order valence-corrected chi connectivity index (χ3v) is 1.99. The van der Waals surface area contributed by atoms with Crippen LogP contribution in [0, 0.1) is 0 Å². The second kappa shape index (κ2) is 7.87. The molecule has 1 N–H and O–H groups in total. The summed E-state index contributed by atoms with van der Waals surface area (Å²) in [6.07, 6.45) is 1.25. The summed E-state index contributed by atoms with van der Waals surface area (Å²) >= 11 is 0. The molecule has 5 nitrogen and oxygen atoms in total. The lowest BCUT2D eigenvalue weighted by Crippen LogP contribution is -2.22. The molecular formula is C13H26N2O3. The molecule has 0 saturated heterocycles. The zero-order valence-corrected chi connectivity index (χ0v) is 12.2. The van der Waals surface area contributed by atoms with Crippen molar-refractivity contribution in [1.29, 1.82) is 0 Å². The molecule has 0 aliphatic heterocycles. The monoisotopic (exact) mass is 258 g/mol. The Morgan fingerprint density at radius 3 is 2.56 bits per heavy atom. The Labute approximate surface area is 110 Å². The molecule has 1 aromatic rings. The van der Waals surface area contributed by atoms with Gasteiger partial charge in [-0.2, -0.15) is 0 Å². The number of aromatic nitrogens is 1. The van der Waals surface area contributed by atoms with Crippen LogP contribution in [0.1, 0.15) is 48.2 Å². The van der Waals surface area contributed by atoms with Gasteiger partial charge in [-0.1, -0.05) is 39.3 Å². The molecule has 1 heterocycles. The third kappa shape index (κ3) is 5.82. The smallest absolute Gasteiger partial charge is 0.222 e. The Bertz CT molecular complexity index is 365. The molecule has 0 radical (unpaired) electrons. The highest BCUT2D eigenvalue weighted by Gasteiger charge is 2.25. The number of carbonyl (C=O) groups excluding carboxylic acids is 1. The van der Waals surface area contributed by atoms with Crippen LogP contribution < -0.4 is 5.32 Å². The summed E-state index contributed by atoms with van der Waals surface area (Å²) in [7, 11) is 1.63. The first-order valence-corrected chi connectivity index (χ1v) is 6.11. The lowest BCUT2D eigenvalue weighted by Gasteiger charge is -2.19. The highest BCUT2D eigenvalue weighted by molar-refractivity contribution is 5.87. The van der Waals surface area contributed by atoms with E-state index in [0.717, 1.165) is 0 Å². The van der Waals surface area contributed by atoms with Gasteiger partial charge in [0.2, 0.25) is 5.91 Å². The number of ether oxygens (including phenoxy) is 1. The van der Waals surface area contributed by atoms with Crippen molar-refractivity contribution in [3.05, 3.63) is 11.8 Å². The Morgan fingerprint density at radius 1 is 1.56 bits per heavy atom. The molecule has 1 aromatic heterocycles. The van der Waals surface area contributed by atoms with Gasteiger partial charge in [0.25, 0.3) is 0 Å². The van der Waals surface area contributed by atoms with Gasteiger partial charge in [0, 0.05) is 26.9 Å². The molecule has 0 fully saturated rings. The summed E-state index contributed by atoms with van der Waals surface area (Å²) in [6, 6.07) is 1.71. The average molecular weight is 258 g/mol. The summed E-state index contributed by atoms with van der Waals surface area (Å²) in [4.78, 5) is 10.8. The van der Waals surface area contributed by atoms with Crippen LogP contribution in [-0.4, -0.2) is 24.8 Å². The van der Waals surface area contributed by atoms with Gasteiger partial charge in [0.1, 0.15) is 5.76 Å². The van der Waals surface area contributed by atoms with Crippen molar-refractivity contribution in [1.82, 2.24) is 5.16 Å². The molecule has 0 aromatic carbocycles. The molecule has 1 rings (SSSR count). The molecular weight excluding hydrogens is 232 g/mol. The van der Waals surface area contributed by atoms with Gasteiger partial charge in [0.15, 0.2) is 5.82 Å². The van der Waals surface area contributed by atoms with Crippen LogP contribution in [0.3, 0.4) is 0 Å². The van der Waals surface area contributed by atoms with Crippen LogP contribution in [-0.2, 0) is 14.9 Å².